The van der Waals surface area contributed by atoms with Crippen LogP contribution in [0.4, 0.5) is 0 Å². The van der Waals surface area contributed by atoms with Crippen LogP contribution < -0.4 is 15.2 Å². The maximum absolute atomic E-state index is 6.17. The topological polar surface area (TPSA) is 44.5 Å². The van der Waals surface area contributed by atoms with E-state index in [2.05, 4.69) is 28.1 Å². The Morgan fingerprint density at radius 1 is 1.23 bits per heavy atom. The first-order valence-electron chi connectivity index (χ1n) is 8.39. The Balaban J connectivity index is 1.89. The van der Waals surface area contributed by atoms with Crippen LogP contribution >= 0.6 is 15.9 Å². The highest BCUT2D eigenvalue weighted by molar-refractivity contribution is 9.10. The van der Waals surface area contributed by atoms with Crippen molar-refractivity contribution >= 4 is 15.9 Å². The smallest absolute Gasteiger partial charge is 0.175 e. The molecule has 2 saturated carbocycles. The largest absolute Gasteiger partial charge is 0.493 e. The molecule has 1 aromatic carbocycles. The number of hydrogen-bond donors (Lipinski definition) is 1. The van der Waals surface area contributed by atoms with Gasteiger partial charge < -0.3 is 15.2 Å². The van der Waals surface area contributed by atoms with Crippen LogP contribution in [0.3, 0.4) is 0 Å². The zero-order valence-corrected chi connectivity index (χ0v) is 15.0. The van der Waals surface area contributed by atoms with E-state index in [1.165, 1.54) is 50.5 Å². The molecule has 0 amide bonds. The number of ether oxygens (including phenoxy) is 2. The van der Waals surface area contributed by atoms with Crippen molar-refractivity contribution in [3.63, 3.8) is 0 Å². The molecule has 2 aliphatic rings. The molecule has 0 spiro atoms. The minimum absolute atomic E-state index is 0.100. The van der Waals surface area contributed by atoms with Gasteiger partial charge in [0, 0.05) is 12.0 Å². The Bertz CT molecular complexity index is 522. The average molecular weight is 368 g/mol. The molecule has 0 radical (unpaired) electrons. The quantitative estimate of drug-likeness (QED) is 0.809. The molecule has 2 fully saturated rings. The van der Waals surface area contributed by atoms with E-state index in [4.69, 9.17) is 15.2 Å². The second-order valence-electron chi connectivity index (χ2n) is 6.79. The van der Waals surface area contributed by atoms with E-state index in [1.807, 2.05) is 0 Å². The maximum Gasteiger partial charge on any atom is 0.175 e. The highest BCUT2D eigenvalue weighted by Gasteiger charge is 2.34. The summed E-state index contributed by atoms with van der Waals surface area (Å²) in [4.78, 5) is 0. The second-order valence-corrected chi connectivity index (χ2v) is 7.64. The van der Waals surface area contributed by atoms with Crippen molar-refractivity contribution < 1.29 is 9.47 Å². The van der Waals surface area contributed by atoms with E-state index < -0.39 is 0 Å². The van der Waals surface area contributed by atoms with E-state index in [9.17, 15) is 0 Å². The van der Waals surface area contributed by atoms with Gasteiger partial charge in [-0.25, -0.2) is 0 Å². The molecule has 0 unspecified atom stereocenters. The van der Waals surface area contributed by atoms with Crippen LogP contribution in [0, 0.1) is 5.92 Å². The summed E-state index contributed by atoms with van der Waals surface area (Å²) in [5.74, 6) is 2.38. The standard InChI is InChI=1S/C18H26BrNO2/c1-21-16-10-14(18(12-20)7-3-2-4-8-18)9-15(19)17(16)22-11-13-5-6-13/h9-10,13H,2-8,11-12,20H2,1H3. The molecule has 0 saturated heterocycles. The zero-order chi connectivity index (χ0) is 15.6. The Morgan fingerprint density at radius 3 is 2.55 bits per heavy atom. The van der Waals surface area contributed by atoms with Crippen molar-refractivity contribution in [2.45, 2.75) is 50.4 Å². The van der Waals surface area contributed by atoms with E-state index in [1.54, 1.807) is 7.11 Å². The van der Waals surface area contributed by atoms with Crippen molar-refractivity contribution in [1.29, 1.82) is 0 Å². The molecule has 2 aliphatic carbocycles. The van der Waals surface area contributed by atoms with Gasteiger partial charge in [-0.1, -0.05) is 19.3 Å². The third-order valence-corrected chi connectivity index (χ3v) is 5.79. The minimum atomic E-state index is 0.100. The lowest BCUT2D eigenvalue weighted by atomic mass is 9.69. The first-order valence-corrected chi connectivity index (χ1v) is 9.19. The molecule has 0 heterocycles. The van der Waals surface area contributed by atoms with E-state index in [-0.39, 0.29) is 5.41 Å². The fraction of sp³-hybridized carbons (Fsp3) is 0.667. The van der Waals surface area contributed by atoms with Gasteiger partial charge >= 0.3 is 0 Å². The molecule has 22 heavy (non-hydrogen) atoms. The minimum Gasteiger partial charge on any atom is -0.493 e. The van der Waals surface area contributed by atoms with Crippen molar-refractivity contribution in [3.05, 3.63) is 22.2 Å². The van der Waals surface area contributed by atoms with Gasteiger partial charge in [0.05, 0.1) is 18.2 Å². The molecular formula is C18H26BrNO2. The molecule has 1 aromatic rings. The normalized spacial score (nSPS) is 20.7. The van der Waals surface area contributed by atoms with Crippen LogP contribution in [-0.2, 0) is 5.41 Å². The second kappa shape index (κ2) is 6.79. The molecule has 122 valence electrons. The summed E-state index contributed by atoms with van der Waals surface area (Å²) in [5.41, 5.74) is 7.56. The van der Waals surface area contributed by atoms with Crippen LogP contribution in [0.15, 0.2) is 16.6 Å². The Morgan fingerprint density at radius 2 is 1.95 bits per heavy atom. The summed E-state index contributed by atoms with van der Waals surface area (Å²) in [5, 5.41) is 0. The molecule has 0 bridgehead atoms. The van der Waals surface area contributed by atoms with Gasteiger partial charge in [0.15, 0.2) is 11.5 Å². The SMILES string of the molecule is COc1cc(C2(CN)CCCCC2)cc(Br)c1OCC1CC1. The predicted octanol–water partition coefficient (Wildman–Crippen LogP) is 4.41. The van der Waals surface area contributed by atoms with Crippen LogP contribution in [0.2, 0.25) is 0 Å². The first kappa shape index (κ1) is 16.1. The number of methoxy groups -OCH3 is 1. The molecule has 0 aliphatic heterocycles. The fourth-order valence-electron chi connectivity index (χ4n) is 3.49. The van der Waals surface area contributed by atoms with Gasteiger partial charge in [0.25, 0.3) is 0 Å². The highest BCUT2D eigenvalue weighted by Crippen LogP contribution is 2.45. The van der Waals surface area contributed by atoms with Crippen LogP contribution in [0.25, 0.3) is 0 Å². The summed E-state index contributed by atoms with van der Waals surface area (Å²) < 4.78 is 12.6. The first-order chi connectivity index (χ1) is 10.7. The Labute approximate surface area is 141 Å². The monoisotopic (exact) mass is 367 g/mol. The molecule has 3 rings (SSSR count). The van der Waals surface area contributed by atoms with Crippen LogP contribution in [-0.4, -0.2) is 20.3 Å². The Kier molecular flexibility index (Phi) is 4.98. The molecule has 3 nitrogen and oxygen atoms in total. The van der Waals surface area contributed by atoms with E-state index in [0.717, 1.165) is 28.5 Å². The number of hydrogen-bond acceptors (Lipinski definition) is 3. The number of benzene rings is 1. The van der Waals surface area contributed by atoms with Crippen LogP contribution in [0.1, 0.15) is 50.5 Å². The third-order valence-electron chi connectivity index (χ3n) is 5.20. The lowest BCUT2D eigenvalue weighted by Crippen LogP contribution is -2.37. The van der Waals surface area contributed by atoms with E-state index >= 15 is 0 Å². The van der Waals surface area contributed by atoms with Crippen molar-refractivity contribution in [3.8, 4) is 11.5 Å². The van der Waals surface area contributed by atoms with Crippen molar-refractivity contribution in [1.82, 2.24) is 0 Å². The molecule has 0 atom stereocenters. The summed E-state index contributed by atoms with van der Waals surface area (Å²) in [7, 11) is 1.71. The molecule has 2 N–H and O–H groups in total. The molecule has 0 aromatic heterocycles. The predicted molar refractivity (Wildman–Crippen MR) is 92.7 cm³/mol. The number of halogens is 1. The van der Waals surface area contributed by atoms with E-state index in [0.29, 0.717) is 6.54 Å². The van der Waals surface area contributed by atoms with Gasteiger partial charge in [-0.3, -0.25) is 0 Å². The van der Waals surface area contributed by atoms with Crippen LogP contribution in [0.5, 0.6) is 11.5 Å². The lowest BCUT2D eigenvalue weighted by molar-refractivity contribution is 0.274. The third kappa shape index (κ3) is 3.28. The lowest BCUT2D eigenvalue weighted by Gasteiger charge is -2.37. The van der Waals surface area contributed by atoms with Crippen molar-refractivity contribution in [2.24, 2.45) is 11.7 Å². The van der Waals surface area contributed by atoms with Crippen molar-refractivity contribution in [2.75, 3.05) is 20.3 Å². The maximum atomic E-state index is 6.17. The summed E-state index contributed by atoms with van der Waals surface area (Å²) in [6.07, 6.45) is 8.75. The number of nitrogens with two attached hydrogens (primary N) is 1. The summed E-state index contributed by atoms with van der Waals surface area (Å²) >= 11 is 3.68. The summed E-state index contributed by atoms with van der Waals surface area (Å²) in [6.45, 7) is 1.49. The summed E-state index contributed by atoms with van der Waals surface area (Å²) in [6, 6.07) is 4.34. The Hall–Kier alpha value is -0.740. The van der Waals surface area contributed by atoms with Gasteiger partial charge in [0.2, 0.25) is 0 Å². The number of rotatable bonds is 6. The van der Waals surface area contributed by atoms with Gasteiger partial charge in [-0.2, -0.15) is 0 Å². The van der Waals surface area contributed by atoms with Gasteiger partial charge in [-0.15, -0.1) is 0 Å². The zero-order valence-electron chi connectivity index (χ0n) is 13.4. The molecule has 4 heteroatoms. The van der Waals surface area contributed by atoms with Gasteiger partial charge in [0.1, 0.15) is 0 Å². The molecular weight excluding hydrogens is 342 g/mol. The van der Waals surface area contributed by atoms with Gasteiger partial charge in [-0.05, 0) is 65.2 Å². The average Bonchev–Trinajstić information content (AvgIpc) is 3.38. The fourth-order valence-corrected chi connectivity index (χ4v) is 4.05. The highest BCUT2D eigenvalue weighted by atomic mass is 79.9.